The summed E-state index contributed by atoms with van der Waals surface area (Å²) in [6.07, 6.45) is 5.15. The summed E-state index contributed by atoms with van der Waals surface area (Å²) < 4.78 is 32.6. The Balaban J connectivity index is 1.08. The number of rotatable bonds is 10. The van der Waals surface area contributed by atoms with E-state index in [4.69, 9.17) is 14.2 Å². The number of fused-ring (bicyclic) bond motifs is 2. The Morgan fingerprint density at radius 1 is 1.11 bits per heavy atom. The van der Waals surface area contributed by atoms with E-state index in [-0.39, 0.29) is 24.0 Å². The number of nitrogens with one attached hydrogen (secondary N) is 2. The first-order valence-corrected chi connectivity index (χ1v) is 15.3. The molecule has 2 fully saturated rings. The lowest BCUT2D eigenvalue weighted by molar-refractivity contribution is -0.118. The molecule has 2 aliphatic carbocycles. The highest BCUT2D eigenvalue weighted by atomic mass is 19.1. The maximum absolute atomic E-state index is 15.2. The van der Waals surface area contributed by atoms with Crippen molar-refractivity contribution in [3.8, 4) is 11.6 Å². The van der Waals surface area contributed by atoms with Gasteiger partial charge in [-0.15, -0.1) is 0 Å². The van der Waals surface area contributed by atoms with E-state index < -0.39 is 23.6 Å². The van der Waals surface area contributed by atoms with E-state index >= 15 is 4.39 Å². The van der Waals surface area contributed by atoms with Gasteiger partial charge in [-0.05, 0) is 82.4 Å². The van der Waals surface area contributed by atoms with Crippen LogP contribution in [-0.2, 0) is 22.5 Å². The Hall–Kier alpha value is -3.45. The molecule has 0 bridgehead atoms. The topological polar surface area (TPSA) is 148 Å². The molecule has 236 valence electrons. The van der Waals surface area contributed by atoms with Crippen molar-refractivity contribution in [1.82, 2.24) is 20.3 Å². The summed E-state index contributed by atoms with van der Waals surface area (Å²) in [5.41, 5.74) is 1.84. The molecule has 0 saturated heterocycles. The molecule has 0 radical (unpaired) electrons. The summed E-state index contributed by atoms with van der Waals surface area (Å²) >= 11 is 0. The number of carbonyl (C=O) groups excluding carboxylic acids is 1. The monoisotopic (exact) mass is 609 g/mol. The maximum atomic E-state index is 15.2. The maximum Gasteiger partial charge on any atom is 0.263 e. The smallest absolute Gasteiger partial charge is 0.263 e. The molecule has 4 N–H and O–H groups in total. The minimum Gasteiger partial charge on any atom is -0.480 e. The fraction of sp³-hybridized carbons (Fsp3) is 0.562. The van der Waals surface area contributed by atoms with E-state index in [1.807, 2.05) is 12.1 Å². The number of carbonyl (C=O) groups is 1. The van der Waals surface area contributed by atoms with E-state index in [2.05, 4.69) is 32.5 Å². The third kappa shape index (κ3) is 6.63. The lowest BCUT2D eigenvalue weighted by atomic mass is 9.72. The van der Waals surface area contributed by atoms with Gasteiger partial charge in [-0.1, -0.05) is 0 Å². The number of hydrogen-bond acceptors (Lipinski definition) is 10. The second-order valence-electron chi connectivity index (χ2n) is 12.7. The normalized spacial score (nSPS) is 28.4. The number of ether oxygens (including phenoxy) is 3. The van der Waals surface area contributed by atoms with Gasteiger partial charge in [0.25, 0.3) is 5.91 Å². The van der Waals surface area contributed by atoms with E-state index in [0.717, 1.165) is 31.4 Å². The first kappa shape index (κ1) is 30.6. The third-order valence-corrected chi connectivity index (χ3v) is 9.56. The molecule has 12 heteroatoms. The van der Waals surface area contributed by atoms with Crippen LogP contribution in [0.15, 0.2) is 30.5 Å². The van der Waals surface area contributed by atoms with Gasteiger partial charge in [0, 0.05) is 30.8 Å². The minimum atomic E-state index is -0.730. The standard InChI is InChI=1S/C32H40FN5O6/c1-31(35-15-20-3-5-26-30(36-20)37-27(41)18-43-26)9-11-32(42-2,12-10-31)8-7-21-22(33)16-34-23-4-6-28(38-29(21)23)44-17-19-13-24(39)25(40)14-19/h3-6,16,19,24-25,35,39-40H,7-15,17-18H2,1-2H3,(H,36,37,41)/t19?,24-,25+,31?,32?. The van der Waals surface area contributed by atoms with Crippen LogP contribution in [-0.4, -0.2) is 74.7 Å². The van der Waals surface area contributed by atoms with Crippen LogP contribution in [0, 0.1) is 11.7 Å². The van der Waals surface area contributed by atoms with Crippen LogP contribution in [0.2, 0.25) is 0 Å². The van der Waals surface area contributed by atoms with Crippen molar-refractivity contribution in [1.29, 1.82) is 0 Å². The number of aromatic nitrogens is 3. The second kappa shape index (κ2) is 12.5. The summed E-state index contributed by atoms with van der Waals surface area (Å²) in [5, 5.41) is 26.1. The van der Waals surface area contributed by atoms with Crippen LogP contribution >= 0.6 is 0 Å². The predicted octanol–water partition coefficient (Wildman–Crippen LogP) is 3.45. The number of methoxy groups -OCH3 is 1. The van der Waals surface area contributed by atoms with Crippen LogP contribution in [0.5, 0.6) is 11.6 Å². The van der Waals surface area contributed by atoms with Gasteiger partial charge in [0.15, 0.2) is 18.2 Å². The lowest BCUT2D eigenvalue weighted by Gasteiger charge is -2.45. The number of anilines is 1. The molecule has 1 aliphatic heterocycles. The molecule has 2 saturated carbocycles. The van der Waals surface area contributed by atoms with Gasteiger partial charge < -0.3 is 35.1 Å². The number of aliphatic hydroxyl groups excluding tert-OH is 2. The molecule has 6 rings (SSSR count). The zero-order valence-corrected chi connectivity index (χ0v) is 25.1. The van der Waals surface area contributed by atoms with Crippen molar-refractivity contribution in [3.05, 3.63) is 47.5 Å². The summed E-state index contributed by atoms with van der Waals surface area (Å²) in [4.78, 5) is 25.1. The zero-order chi connectivity index (χ0) is 30.9. The summed E-state index contributed by atoms with van der Waals surface area (Å²) in [6.45, 7) is 3.06. The van der Waals surface area contributed by atoms with Crippen molar-refractivity contribution in [3.63, 3.8) is 0 Å². The van der Waals surface area contributed by atoms with Crippen LogP contribution < -0.4 is 20.1 Å². The molecule has 0 aromatic carbocycles. The van der Waals surface area contributed by atoms with Gasteiger partial charge in [0.2, 0.25) is 5.88 Å². The predicted molar refractivity (Wildman–Crippen MR) is 160 cm³/mol. The fourth-order valence-corrected chi connectivity index (χ4v) is 6.58. The average Bonchev–Trinajstić information content (AvgIpc) is 3.35. The van der Waals surface area contributed by atoms with E-state index in [0.29, 0.717) is 72.9 Å². The number of aliphatic hydroxyl groups is 2. The molecule has 3 atom stereocenters. The highest BCUT2D eigenvalue weighted by Gasteiger charge is 2.40. The Morgan fingerprint density at radius 2 is 1.89 bits per heavy atom. The van der Waals surface area contributed by atoms with Crippen LogP contribution in [0.4, 0.5) is 10.2 Å². The van der Waals surface area contributed by atoms with Gasteiger partial charge in [0.05, 0.1) is 47.3 Å². The number of hydrogen-bond donors (Lipinski definition) is 4. The van der Waals surface area contributed by atoms with Crippen molar-refractivity contribution in [2.24, 2.45) is 5.92 Å². The molecule has 3 aromatic heterocycles. The van der Waals surface area contributed by atoms with Crippen LogP contribution in [0.1, 0.15) is 63.1 Å². The largest absolute Gasteiger partial charge is 0.480 e. The molecule has 4 heterocycles. The van der Waals surface area contributed by atoms with Crippen molar-refractivity contribution in [2.45, 2.75) is 88.2 Å². The summed E-state index contributed by atoms with van der Waals surface area (Å²) in [5.74, 6) is 0.803. The molecule has 0 spiro atoms. The Morgan fingerprint density at radius 3 is 2.64 bits per heavy atom. The summed E-state index contributed by atoms with van der Waals surface area (Å²) in [7, 11) is 1.73. The van der Waals surface area contributed by atoms with Gasteiger partial charge in [-0.25, -0.2) is 14.4 Å². The number of amides is 1. The Kier molecular flexibility index (Phi) is 8.69. The SMILES string of the molecule is COC1(CCc2c(F)cnc3ccc(OCC4C[C@@H](O)[C@@H](O)C4)nc23)CCC(C)(NCc2ccc3c(n2)NC(=O)CO3)CC1. The number of nitrogens with zero attached hydrogens (tertiary/aromatic N) is 3. The molecule has 3 aromatic rings. The average molecular weight is 610 g/mol. The second-order valence-corrected chi connectivity index (χ2v) is 12.7. The molecule has 11 nitrogen and oxygen atoms in total. The van der Waals surface area contributed by atoms with E-state index in [1.165, 1.54) is 6.20 Å². The molecule has 3 aliphatic rings. The molecular formula is C32H40FN5O6. The van der Waals surface area contributed by atoms with Gasteiger partial charge in [-0.2, -0.15) is 0 Å². The zero-order valence-electron chi connectivity index (χ0n) is 25.1. The van der Waals surface area contributed by atoms with Crippen LogP contribution in [0.25, 0.3) is 11.0 Å². The minimum absolute atomic E-state index is 0.000848. The van der Waals surface area contributed by atoms with Crippen LogP contribution in [0.3, 0.4) is 0 Å². The van der Waals surface area contributed by atoms with Gasteiger partial charge in [-0.3, -0.25) is 9.78 Å². The Labute approximate surface area is 255 Å². The van der Waals surface area contributed by atoms with E-state index in [1.54, 1.807) is 19.2 Å². The number of halogens is 1. The number of pyridine rings is 3. The molecule has 1 unspecified atom stereocenters. The summed E-state index contributed by atoms with van der Waals surface area (Å²) in [6, 6.07) is 7.22. The van der Waals surface area contributed by atoms with Crippen molar-refractivity contribution >= 4 is 22.8 Å². The van der Waals surface area contributed by atoms with E-state index in [9.17, 15) is 15.0 Å². The number of aryl methyl sites for hydroxylation is 1. The molecular weight excluding hydrogens is 569 g/mol. The first-order chi connectivity index (χ1) is 21.1. The highest BCUT2D eigenvalue weighted by molar-refractivity contribution is 5.94. The third-order valence-electron chi connectivity index (χ3n) is 9.56. The highest BCUT2D eigenvalue weighted by Crippen LogP contribution is 2.40. The Bertz CT molecular complexity index is 1500. The first-order valence-electron chi connectivity index (χ1n) is 15.3. The van der Waals surface area contributed by atoms with Crippen molar-refractivity contribution < 1.29 is 33.6 Å². The van der Waals surface area contributed by atoms with Crippen molar-refractivity contribution in [2.75, 3.05) is 25.6 Å². The quantitative estimate of drug-likeness (QED) is 0.269. The van der Waals surface area contributed by atoms with Gasteiger partial charge in [0.1, 0.15) is 5.82 Å². The lowest BCUT2D eigenvalue weighted by Crippen LogP contribution is -2.50. The molecule has 44 heavy (non-hydrogen) atoms. The fourth-order valence-electron chi connectivity index (χ4n) is 6.58. The van der Waals surface area contributed by atoms with Gasteiger partial charge >= 0.3 is 0 Å². The molecule has 1 amide bonds.